The molecule has 11 heteroatoms. The van der Waals surface area contributed by atoms with Crippen molar-refractivity contribution in [3.63, 3.8) is 0 Å². The third-order valence-corrected chi connectivity index (χ3v) is 12.0. The van der Waals surface area contributed by atoms with Crippen LogP contribution in [0, 0.1) is 11.2 Å². The minimum absolute atomic E-state index is 0.00538. The normalized spacial score (nSPS) is 18.5. The number of ether oxygens (including phenoxy) is 1. The van der Waals surface area contributed by atoms with E-state index in [0.29, 0.717) is 53.9 Å². The van der Waals surface area contributed by atoms with Gasteiger partial charge in [-0.2, -0.15) is 9.46 Å². The molecule has 0 spiro atoms. The summed E-state index contributed by atoms with van der Waals surface area (Å²) in [4.78, 5) is 14.5. The highest BCUT2D eigenvalue weighted by Gasteiger charge is 2.42. The van der Waals surface area contributed by atoms with Crippen molar-refractivity contribution in [3.05, 3.63) is 142 Å². The van der Waals surface area contributed by atoms with Gasteiger partial charge in [-0.05, 0) is 58.2 Å². The van der Waals surface area contributed by atoms with Gasteiger partial charge in [0, 0.05) is 23.9 Å². The second-order valence-electron chi connectivity index (χ2n) is 14.4. The van der Waals surface area contributed by atoms with Crippen LogP contribution < -0.4 is 14.8 Å². The minimum atomic E-state index is -3.97. The van der Waals surface area contributed by atoms with E-state index in [9.17, 15) is 9.18 Å². The standard InChI is InChI=1S/C40H39F2N5O3S/c1-39(2)24-47-37(50-25-39)34(23-43-47)51(49,45-38(48)44-36-31-20-12-19-30(31)35(42)32-21-29(41)22-33(32)36)46-40(26-13-6-3-7-14-26,27-15-8-4-9-16-27)28-17-10-5-11-18-28/h3-11,13-18,23,29H,12,19-22,24-25H2,1-2H3,(H2,44,45,46,48,49)/t29-,51?/m1/s1. The number of aromatic nitrogens is 2. The molecule has 262 valence electrons. The molecule has 2 N–H and O–H groups in total. The number of urea groups is 1. The number of alkyl halides is 1. The SMILES string of the molecule is CC1(C)COc2c(S(=O)(=NC(c3ccccc3)(c3ccccc3)c3ccccc3)NC(=O)Nc3c4c(c(F)c5c3C[C@H](F)C5)CCC4)cnn2C1. The molecule has 2 heterocycles. The molecule has 8 nitrogen and oxygen atoms in total. The van der Waals surface area contributed by atoms with Crippen LogP contribution in [-0.4, -0.2) is 32.8 Å². The van der Waals surface area contributed by atoms with Gasteiger partial charge in [0.05, 0.1) is 19.3 Å². The Labute approximate surface area is 296 Å². The Hall–Kier alpha value is -5.03. The molecule has 5 aromatic rings. The summed E-state index contributed by atoms with van der Waals surface area (Å²) in [6.07, 6.45) is 1.94. The fourth-order valence-electron chi connectivity index (χ4n) is 7.81. The van der Waals surface area contributed by atoms with Crippen LogP contribution in [0.15, 0.2) is 106 Å². The highest BCUT2D eigenvalue weighted by Crippen LogP contribution is 2.45. The zero-order valence-corrected chi connectivity index (χ0v) is 29.3. The van der Waals surface area contributed by atoms with E-state index in [4.69, 9.17) is 9.10 Å². The Balaban J connectivity index is 1.34. The molecular weight excluding hydrogens is 669 g/mol. The Morgan fingerprint density at radius 3 is 2.08 bits per heavy atom. The molecule has 0 fully saturated rings. The summed E-state index contributed by atoms with van der Waals surface area (Å²) in [7, 11) is -3.97. The fraction of sp³-hybridized carbons (Fsp3) is 0.300. The number of nitrogens with zero attached hydrogens (tertiary/aromatic N) is 3. The number of anilines is 1. The van der Waals surface area contributed by atoms with Gasteiger partial charge in [-0.25, -0.2) is 27.2 Å². The van der Waals surface area contributed by atoms with Gasteiger partial charge in [0.2, 0.25) is 5.88 Å². The van der Waals surface area contributed by atoms with E-state index in [2.05, 4.69) is 29.0 Å². The first-order chi connectivity index (χ1) is 24.6. The first kappa shape index (κ1) is 33.1. The molecule has 1 aliphatic heterocycles. The number of nitrogens with one attached hydrogen (secondary N) is 2. The van der Waals surface area contributed by atoms with Crippen molar-refractivity contribution in [2.45, 2.75) is 69.1 Å². The maximum Gasteiger partial charge on any atom is 0.331 e. The lowest BCUT2D eigenvalue weighted by Gasteiger charge is -2.34. The van der Waals surface area contributed by atoms with E-state index in [1.165, 1.54) is 6.20 Å². The van der Waals surface area contributed by atoms with Gasteiger partial charge < -0.3 is 10.1 Å². The first-order valence-corrected chi connectivity index (χ1v) is 18.8. The molecule has 0 saturated carbocycles. The second-order valence-corrected chi connectivity index (χ2v) is 16.2. The Morgan fingerprint density at radius 2 is 1.47 bits per heavy atom. The summed E-state index contributed by atoms with van der Waals surface area (Å²) in [5, 5.41) is 7.48. The highest BCUT2D eigenvalue weighted by atomic mass is 32.2. The van der Waals surface area contributed by atoms with Crippen LogP contribution >= 0.6 is 0 Å². The number of rotatable bonds is 7. The summed E-state index contributed by atoms with van der Waals surface area (Å²) >= 11 is 0. The van der Waals surface area contributed by atoms with Crippen molar-refractivity contribution in [3.8, 4) is 5.88 Å². The maximum absolute atomic E-state index is 16.0. The highest BCUT2D eigenvalue weighted by molar-refractivity contribution is 7.92. The Kier molecular flexibility index (Phi) is 8.21. The molecular formula is C40H39F2N5O3S. The van der Waals surface area contributed by atoms with Crippen LogP contribution in [0.2, 0.25) is 0 Å². The quantitative estimate of drug-likeness (QED) is 0.168. The van der Waals surface area contributed by atoms with E-state index in [1.807, 2.05) is 91.0 Å². The van der Waals surface area contributed by atoms with E-state index in [1.54, 1.807) is 4.68 Å². The molecule has 3 aliphatic rings. The predicted octanol–water partition coefficient (Wildman–Crippen LogP) is 7.92. The maximum atomic E-state index is 16.0. The summed E-state index contributed by atoms with van der Waals surface area (Å²) in [5.41, 5.74) is 2.91. The molecule has 0 radical (unpaired) electrons. The lowest BCUT2D eigenvalue weighted by Crippen LogP contribution is -2.39. The fourth-order valence-corrected chi connectivity index (χ4v) is 9.66. The summed E-state index contributed by atoms with van der Waals surface area (Å²) in [6, 6.07) is 27.8. The number of halogens is 2. The van der Waals surface area contributed by atoms with E-state index >= 15 is 8.60 Å². The zero-order chi connectivity index (χ0) is 35.4. The number of hydrogen-bond acceptors (Lipinski definition) is 5. The number of carbonyl (C=O) groups is 1. The van der Waals surface area contributed by atoms with Crippen LogP contribution in [0.25, 0.3) is 0 Å². The topological polar surface area (TPSA) is 97.6 Å². The number of carbonyl (C=O) groups excluding carboxylic acids is 1. The largest absolute Gasteiger partial charge is 0.476 e. The molecule has 2 atom stereocenters. The zero-order valence-electron chi connectivity index (χ0n) is 28.5. The molecule has 51 heavy (non-hydrogen) atoms. The van der Waals surface area contributed by atoms with Gasteiger partial charge in [-0.3, -0.25) is 0 Å². The second kappa shape index (κ2) is 12.6. The third-order valence-electron chi connectivity index (χ3n) is 10.1. The summed E-state index contributed by atoms with van der Waals surface area (Å²) in [5.74, 6) is -0.109. The van der Waals surface area contributed by atoms with Gasteiger partial charge in [-0.15, -0.1) is 0 Å². The molecule has 0 saturated heterocycles. The third kappa shape index (κ3) is 5.77. The van der Waals surface area contributed by atoms with Crippen LogP contribution in [0.3, 0.4) is 0 Å². The van der Waals surface area contributed by atoms with Crippen molar-refractivity contribution in [2.75, 3.05) is 11.9 Å². The minimum Gasteiger partial charge on any atom is -0.476 e. The van der Waals surface area contributed by atoms with E-state index < -0.39 is 27.7 Å². The lowest BCUT2D eigenvalue weighted by molar-refractivity contribution is 0.0971. The smallest absolute Gasteiger partial charge is 0.331 e. The van der Waals surface area contributed by atoms with Gasteiger partial charge >= 0.3 is 6.03 Å². The Bertz CT molecular complexity index is 2150. The number of fused-ring (bicyclic) bond motifs is 3. The monoisotopic (exact) mass is 707 g/mol. The van der Waals surface area contributed by atoms with Crippen molar-refractivity contribution >= 4 is 21.6 Å². The van der Waals surface area contributed by atoms with Crippen molar-refractivity contribution in [1.82, 2.24) is 14.5 Å². The number of benzene rings is 4. The van der Waals surface area contributed by atoms with Gasteiger partial charge in [0.15, 0.2) is 9.92 Å². The van der Waals surface area contributed by atoms with Crippen LogP contribution in [0.1, 0.15) is 59.2 Å². The summed E-state index contributed by atoms with van der Waals surface area (Å²) < 4.78 is 62.3. The molecule has 2 amide bonds. The molecule has 8 rings (SSSR count). The number of hydrogen-bond donors (Lipinski definition) is 2. The molecule has 1 unspecified atom stereocenters. The van der Waals surface area contributed by atoms with E-state index in [-0.39, 0.29) is 34.8 Å². The molecule has 4 aromatic carbocycles. The van der Waals surface area contributed by atoms with Crippen molar-refractivity contribution in [2.24, 2.45) is 9.78 Å². The van der Waals surface area contributed by atoms with Crippen LogP contribution in [-0.2, 0) is 47.7 Å². The van der Waals surface area contributed by atoms with Crippen LogP contribution in [0.5, 0.6) is 5.88 Å². The van der Waals surface area contributed by atoms with Gasteiger partial charge in [0.1, 0.15) is 22.4 Å². The van der Waals surface area contributed by atoms with Gasteiger partial charge in [0.25, 0.3) is 0 Å². The molecule has 1 aromatic heterocycles. The molecule has 0 bridgehead atoms. The van der Waals surface area contributed by atoms with Crippen LogP contribution in [0.4, 0.5) is 19.3 Å². The van der Waals surface area contributed by atoms with Crippen molar-refractivity contribution < 1.29 is 22.5 Å². The van der Waals surface area contributed by atoms with E-state index in [0.717, 1.165) is 23.1 Å². The number of amides is 2. The Morgan fingerprint density at radius 1 is 0.902 bits per heavy atom. The average Bonchev–Trinajstić information content (AvgIpc) is 3.89. The summed E-state index contributed by atoms with van der Waals surface area (Å²) in [6.45, 7) is 4.95. The molecule has 2 aliphatic carbocycles. The average molecular weight is 708 g/mol. The van der Waals surface area contributed by atoms with Crippen molar-refractivity contribution in [1.29, 1.82) is 0 Å². The predicted molar refractivity (Wildman–Crippen MR) is 192 cm³/mol. The lowest BCUT2D eigenvalue weighted by atomic mass is 9.78. The first-order valence-electron chi connectivity index (χ1n) is 17.3. The van der Waals surface area contributed by atoms with Gasteiger partial charge in [-0.1, -0.05) is 105 Å².